The zero-order valence-electron chi connectivity index (χ0n) is 14.3. The molecular weight excluding hydrogens is 344 g/mol. The molecule has 2 aliphatic rings. The number of carbonyl (C=O) groups excluding carboxylic acids is 3. The van der Waals surface area contributed by atoms with E-state index >= 15 is 0 Å². The molecule has 2 fully saturated rings. The Morgan fingerprint density at radius 2 is 2.00 bits per heavy atom. The Hall–Kier alpha value is -2.28. The number of nitrogens with zero attached hydrogens (tertiary/aromatic N) is 2. The molecule has 1 aliphatic heterocycles. The van der Waals surface area contributed by atoms with Gasteiger partial charge >= 0.3 is 6.03 Å². The molecule has 1 saturated heterocycles. The highest BCUT2D eigenvalue weighted by Crippen LogP contribution is 2.35. The summed E-state index contributed by atoms with van der Waals surface area (Å²) in [5.41, 5.74) is 0.509. The summed E-state index contributed by atoms with van der Waals surface area (Å²) >= 11 is 6.01. The van der Waals surface area contributed by atoms with Crippen LogP contribution in [0.4, 0.5) is 16.2 Å². The van der Waals surface area contributed by atoms with E-state index in [0.717, 1.165) is 23.4 Å². The number of hydrogen-bond donors (Lipinski definition) is 2. The van der Waals surface area contributed by atoms with Crippen molar-refractivity contribution < 1.29 is 14.4 Å². The molecule has 1 aromatic carbocycles. The predicted molar refractivity (Wildman–Crippen MR) is 95.9 cm³/mol. The van der Waals surface area contributed by atoms with Gasteiger partial charge in [0.2, 0.25) is 5.91 Å². The van der Waals surface area contributed by atoms with Crippen LogP contribution >= 0.6 is 11.6 Å². The van der Waals surface area contributed by atoms with Gasteiger partial charge in [-0.2, -0.15) is 0 Å². The molecule has 25 heavy (non-hydrogen) atoms. The quantitative estimate of drug-likeness (QED) is 0.802. The van der Waals surface area contributed by atoms with Crippen molar-refractivity contribution in [3.63, 3.8) is 0 Å². The van der Waals surface area contributed by atoms with Gasteiger partial charge in [0.1, 0.15) is 12.1 Å². The first-order valence-electron chi connectivity index (χ1n) is 8.23. The fourth-order valence-corrected chi connectivity index (χ4v) is 3.64. The van der Waals surface area contributed by atoms with Crippen LogP contribution in [0.1, 0.15) is 25.7 Å². The molecule has 4 amide bonds. The fraction of sp³-hybridized carbons (Fsp3) is 0.471. The van der Waals surface area contributed by atoms with Crippen LogP contribution in [0.25, 0.3) is 0 Å². The van der Waals surface area contributed by atoms with Crippen LogP contribution in [-0.2, 0) is 9.59 Å². The molecule has 2 N–H and O–H groups in total. The number of rotatable bonds is 4. The van der Waals surface area contributed by atoms with E-state index in [2.05, 4.69) is 10.6 Å². The topological polar surface area (TPSA) is 81.8 Å². The Morgan fingerprint density at radius 1 is 1.32 bits per heavy atom. The van der Waals surface area contributed by atoms with Crippen LogP contribution in [0, 0.1) is 0 Å². The zero-order chi connectivity index (χ0) is 18.2. The summed E-state index contributed by atoms with van der Waals surface area (Å²) in [5, 5.41) is 5.99. The Balaban J connectivity index is 1.72. The second-order valence-corrected chi connectivity index (χ2v) is 7.15. The molecule has 0 radical (unpaired) electrons. The molecule has 1 aliphatic carbocycles. The molecule has 1 spiro atoms. The summed E-state index contributed by atoms with van der Waals surface area (Å²) in [4.78, 5) is 40.0. The van der Waals surface area contributed by atoms with Gasteiger partial charge < -0.3 is 15.5 Å². The zero-order valence-corrected chi connectivity index (χ0v) is 15.0. The molecule has 7 nitrogen and oxygen atoms in total. The molecule has 8 heteroatoms. The first-order chi connectivity index (χ1) is 11.8. The third-order valence-corrected chi connectivity index (χ3v) is 4.95. The second kappa shape index (κ2) is 6.55. The number of imide groups is 1. The minimum absolute atomic E-state index is 0.302. The minimum atomic E-state index is -0.803. The largest absolute Gasteiger partial charge is 0.376 e. The van der Waals surface area contributed by atoms with Gasteiger partial charge in [-0.3, -0.25) is 14.5 Å². The first-order valence-corrected chi connectivity index (χ1v) is 8.61. The third kappa shape index (κ3) is 3.28. The lowest BCUT2D eigenvalue weighted by Crippen LogP contribution is -2.44. The number of nitrogens with one attached hydrogen (secondary N) is 2. The average Bonchev–Trinajstić information content (AvgIpc) is 3.08. The SMILES string of the molecule is CN(C)c1ccc(Cl)cc1NC(=O)CN1C(=O)NC2(CCCC2)C1=O. The summed E-state index contributed by atoms with van der Waals surface area (Å²) in [6.07, 6.45) is 3.07. The van der Waals surface area contributed by atoms with Crippen LogP contribution in [0.2, 0.25) is 5.02 Å². The smallest absolute Gasteiger partial charge is 0.325 e. The van der Waals surface area contributed by atoms with Gasteiger partial charge in [0, 0.05) is 19.1 Å². The van der Waals surface area contributed by atoms with Crippen LogP contribution < -0.4 is 15.5 Å². The Labute approximate surface area is 151 Å². The number of urea groups is 1. The van der Waals surface area contributed by atoms with E-state index < -0.39 is 17.5 Å². The Bertz CT molecular complexity index is 729. The number of amides is 4. The summed E-state index contributed by atoms with van der Waals surface area (Å²) in [6.45, 7) is -0.314. The average molecular weight is 365 g/mol. The number of hydrogen-bond acceptors (Lipinski definition) is 4. The van der Waals surface area contributed by atoms with Crippen LogP contribution in [0.5, 0.6) is 0 Å². The molecule has 0 atom stereocenters. The summed E-state index contributed by atoms with van der Waals surface area (Å²) in [5.74, 6) is -0.743. The highest BCUT2D eigenvalue weighted by Gasteiger charge is 2.52. The molecule has 1 heterocycles. The van der Waals surface area contributed by atoms with E-state index in [1.54, 1.807) is 18.2 Å². The van der Waals surface area contributed by atoms with E-state index in [-0.39, 0.29) is 12.5 Å². The highest BCUT2D eigenvalue weighted by molar-refractivity contribution is 6.31. The molecule has 0 bridgehead atoms. The molecule has 0 aromatic heterocycles. The number of carbonyl (C=O) groups is 3. The molecule has 1 aromatic rings. The maximum Gasteiger partial charge on any atom is 0.325 e. The standard InChI is InChI=1S/C17H21ClN4O3/c1-21(2)13-6-5-11(18)9-12(13)19-14(23)10-22-15(24)17(20-16(22)25)7-3-4-8-17/h5-6,9H,3-4,7-8,10H2,1-2H3,(H,19,23)(H,20,25). The molecule has 1 saturated carbocycles. The van der Waals surface area contributed by atoms with Crippen molar-refractivity contribution in [2.24, 2.45) is 0 Å². The molecule has 0 unspecified atom stereocenters. The Kier molecular flexibility index (Phi) is 4.60. The summed E-state index contributed by atoms with van der Waals surface area (Å²) in [6, 6.07) is 4.66. The van der Waals surface area contributed by atoms with Crippen molar-refractivity contribution in [3.05, 3.63) is 23.2 Å². The maximum absolute atomic E-state index is 12.6. The maximum atomic E-state index is 12.6. The van der Waals surface area contributed by atoms with E-state index in [4.69, 9.17) is 11.6 Å². The lowest BCUT2D eigenvalue weighted by atomic mass is 9.98. The third-order valence-electron chi connectivity index (χ3n) is 4.72. The lowest BCUT2D eigenvalue weighted by molar-refractivity contribution is -0.133. The summed E-state index contributed by atoms with van der Waals surface area (Å²) < 4.78 is 0. The monoisotopic (exact) mass is 364 g/mol. The number of benzene rings is 1. The normalized spacial score (nSPS) is 18.6. The van der Waals surface area contributed by atoms with Gasteiger partial charge in [0.15, 0.2) is 0 Å². The molecule has 134 valence electrons. The first kappa shape index (κ1) is 17.5. The van der Waals surface area contributed by atoms with Gasteiger partial charge in [-0.15, -0.1) is 0 Å². The van der Waals surface area contributed by atoms with Crippen LogP contribution in [0.3, 0.4) is 0 Å². The number of halogens is 1. The van der Waals surface area contributed by atoms with Crippen molar-refractivity contribution >= 4 is 40.8 Å². The van der Waals surface area contributed by atoms with Crippen molar-refractivity contribution in [1.29, 1.82) is 0 Å². The lowest BCUT2D eigenvalue weighted by Gasteiger charge is -2.21. The summed E-state index contributed by atoms with van der Waals surface area (Å²) in [7, 11) is 3.69. The molecular formula is C17H21ClN4O3. The van der Waals surface area contributed by atoms with Crippen molar-refractivity contribution in [2.45, 2.75) is 31.2 Å². The van der Waals surface area contributed by atoms with Crippen LogP contribution in [-0.4, -0.2) is 48.9 Å². The number of anilines is 2. The second-order valence-electron chi connectivity index (χ2n) is 6.71. The predicted octanol–water partition coefficient (Wildman–Crippen LogP) is 2.21. The highest BCUT2D eigenvalue weighted by atomic mass is 35.5. The van der Waals surface area contributed by atoms with Gasteiger partial charge in [0.05, 0.1) is 11.4 Å². The molecule has 3 rings (SSSR count). The van der Waals surface area contributed by atoms with E-state index in [1.165, 1.54) is 0 Å². The van der Waals surface area contributed by atoms with Crippen LogP contribution in [0.15, 0.2) is 18.2 Å². The van der Waals surface area contributed by atoms with E-state index in [1.807, 2.05) is 19.0 Å². The fourth-order valence-electron chi connectivity index (χ4n) is 3.47. The minimum Gasteiger partial charge on any atom is -0.376 e. The van der Waals surface area contributed by atoms with Gasteiger partial charge in [-0.1, -0.05) is 24.4 Å². The van der Waals surface area contributed by atoms with Gasteiger partial charge in [-0.25, -0.2) is 4.79 Å². The van der Waals surface area contributed by atoms with E-state index in [9.17, 15) is 14.4 Å². The van der Waals surface area contributed by atoms with Crippen molar-refractivity contribution in [1.82, 2.24) is 10.2 Å². The van der Waals surface area contributed by atoms with E-state index in [0.29, 0.717) is 23.6 Å². The van der Waals surface area contributed by atoms with Gasteiger partial charge in [0.25, 0.3) is 5.91 Å². The Morgan fingerprint density at radius 3 is 2.64 bits per heavy atom. The van der Waals surface area contributed by atoms with Crippen molar-refractivity contribution in [2.75, 3.05) is 30.9 Å². The van der Waals surface area contributed by atoms with Gasteiger partial charge in [-0.05, 0) is 31.0 Å². The van der Waals surface area contributed by atoms with Crippen molar-refractivity contribution in [3.8, 4) is 0 Å².